The smallest absolute Gasteiger partial charge is 0.239 e. The molecule has 25 heavy (non-hydrogen) atoms. The Morgan fingerprint density at radius 3 is 1.96 bits per heavy atom. The average molecular weight is 348 g/mol. The second kappa shape index (κ2) is 7.29. The summed E-state index contributed by atoms with van der Waals surface area (Å²) in [5.74, 6) is -2.67. The van der Waals surface area contributed by atoms with E-state index in [0.29, 0.717) is 11.4 Å². The van der Waals surface area contributed by atoms with Crippen LogP contribution >= 0.6 is 0 Å². The minimum Gasteiger partial charge on any atom is -0.497 e. The summed E-state index contributed by atoms with van der Waals surface area (Å²) in [6.07, 6.45) is 0. The van der Waals surface area contributed by atoms with Crippen LogP contribution in [0, 0.1) is 17.0 Å². The van der Waals surface area contributed by atoms with Crippen molar-refractivity contribution in [2.75, 3.05) is 17.7 Å². The van der Waals surface area contributed by atoms with Crippen LogP contribution in [-0.2, 0) is 9.59 Å². The number of methoxy groups -OCH3 is 1. The predicted molar refractivity (Wildman–Crippen MR) is 90.4 cm³/mol. The molecule has 2 aromatic carbocycles. The molecule has 0 aliphatic carbocycles. The van der Waals surface area contributed by atoms with E-state index in [1.165, 1.54) is 27.0 Å². The van der Waals surface area contributed by atoms with Crippen LogP contribution in [0.3, 0.4) is 0 Å². The molecule has 0 saturated carbocycles. The number of nitrogens with one attached hydrogen (secondary N) is 2. The van der Waals surface area contributed by atoms with Crippen molar-refractivity contribution >= 4 is 23.2 Å². The number of carbonyl (C=O) groups excluding carboxylic acids is 2. The molecule has 5 nitrogen and oxygen atoms in total. The second-order valence-corrected chi connectivity index (χ2v) is 5.86. The number of benzene rings is 2. The zero-order valence-electron chi connectivity index (χ0n) is 14.0. The van der Waals surface area contributed by atoms with Gasteiger partial charge in [-0.25, -0.2) is 8.78 Å². The van der Waals surface area contributed by atoms with Crippen molar-refractivity contribution in [3.63, 3.8) is 0 Å². The van der Waals surface area contributed by atoms with Gasteiger partial charge < -0.3 is 15.4 Å². The number of hydrogen-bond donors (Lipinski definition) is 2. The van der Waals surface area contributed by atoms with Gasteiger partial charge in [-0.3, -0.25) is 9.59 Å². The molecular formula is C18H18F2N2O3. The van der Waals surface area contributed by atoms with Gasteiger partial charge in [0.1, 0.15) is 28.5 Å². The van der Waals surface area contributed by atoms with Gasteiger partial charge in [0, 0.05) is 5.69 Å². The SMILES string of the molecule is COc1ccc(NC(=O)C(C)(C)C(=O)Nc2c(F)cccc2F)cc1. The highest BCUT2D eigenvalue weighted by atomic mass is 19.1. The highest BCUT2D eigenvalue weighted by Gasteiger charge is 2.37. The predicted octanol–water partition coefficient (Wildman–Crippen LogP) is 3.58. The molecular weight excluding hydrogens is 330 g/mol. The Morgan fingerprint density at radius 2 is 1.44 bits per heavy atom. The minimum absolute atomic E-state index is 0.462. The molecule has 0 unspecified atom stereocenters. The molecule has 0 saturated heterocycles. The molecule has 2 aromatic rings. The summed E-state index contributed by atoms with van der Waals surface area (Å²) in [6, 6.07) is 9.74. The van der Waals surface area contributed by atoms with Crippen molar-refractivity contribution in [1.82, 2.24) is 0 Å². The van der Waals surface area contributed by atoms with Crippen molar-refractivity contribution in [2.45, 2.75) is 13.8 Å². The van der Waals surface area contributed by atoms with Crippen LogP contribution in [0.5, 0.6) is 5.75 Å². The van der Waals surface area contributed by atoms with Crippen LogP contribution in [0.1, 0.15) is 13.8 Å². The normalized spacial score (nSPS) is 10.9. The monoisotopic (exact) mass is 348 g/mol. The third-order valence-electron chi connectivity index (χ3n) is 3.68. The molecule has 0 heterocycles. The number of amides is 2. The number of anilines is 2. The van der Waals surface area contributed by atoms with Crippen molar-refractivity contribution in [3.05, 3.63) is 54.1 Å². The van der Waals surface area contributed by atoms with Gasteiger partial charge in [-0.2, -0.15) is 0 Å². The lowest BCUT2D eigenvalue weighted by molar-refractivity contribution is -0.135. The van der Waals surface area contributed by atoms with E-state index in [1.54, 1.807) is 24.3 Å². The molecule has 0 spiro atoms. The standard InChI is InChI=1S/C18H18F2N2O3/c1-18(2,16(23)21-11-7-9-12(25-3)10-8-11)17(24)22-15-13(19)5-4-6-14(15)20/h4-10H,1-3H3,(H,21,23)(H,22,24). The fraction of sp³-hybridized carbons (Fsp3) is 0.222. The van der Waals surface area contributed by atoms with Gasteiger partial charge in [0.2, 0.25) is 11.8 Å². The summed E-state index contributed by atoms with van der Waals surface area (Å²) in [7, 11) is 1.52. The molecule has 0 bridgehead atoms. The fourth-order valence-corrected chi connectivity index (χ4v) is 1.95. The molecule has 0 aliphatic heterocycles. The maximum atomic E-state index is 13.7. The van der Waals surface area contributed by atoms with E-state index in [-0.39, 0.29) is 0 Å². The van der Waals surface area contributed by atoms with Gasteiger partial charge in [0.15, 0.2) is 0 Å². The molecule has 2 N–H and O–H groups in total. The molecule has 7 heteroatoms. The van der Waals surface area contributed by atoms with Crippen LogP contribution in [0.2, 0.25) is 0 Å². The number of ether oxygens (including phenoxy) is 1. The molecule has 2 rings (SSSR count). The fourth-order valence-electron chi connectivity index (χ4n) is 1.95. The van der Waals surface area contributed by atoms with E-state index >= 15 is 0 Å². The van der Waals surface area contributed by atoms with E-state index < -0.39 is 34.6 Å². The minimum atomic E-state index is -1.56. The van der Waals surface area contributed by atoms with Crippen LogP contribution < -0.4 is 15.4 Å². The molecule has 0 aromatic heterocycles. The summed E-state index contributed by atoms with van der Waals surface area (Å²) in [5.41, 5.74) is -1.68. The third-order valence-corrected chi connectivity index (χ3v) is 3.68. The van der Waals surface area contributed by atoms with Gasteiger partial charge >= 0.3 is 0 Å². The van der Waals surface area contributed by atoms with Crippen molar-refractivity contribution in [2.24, 2.45) is 5.41 Å². The Morgan fingerprint density at radius 1 is 0.920 bits per heavy atom. The average Bonchev–Trinajstić information content (AvgIpc) is 2.58. The van der Waals surface area contributed by atoms with Crippen molar-refractivity contribution in [1.29, 1.82) is 0 Å². The largest absolute Gasteiger partial charge is 0.497 e. The lowest BCUT2D eigenvalue weighted by Crippen LogP contribution is -2.41. The first-order chi connectivity index (χ1) is 11.8. The number of carbonyl (C=O) groups is 2. The summed E-state index contributed by atoms with van der Waals surface area (Å²) in [6.45, 7) is 2.72. The van der Waals surface area contributed by atoms with Gasteiger partial charge in [-0.15, -0.1) is 0 Å². The van der Waals surface area contributed by atoms with Gasteiger partial charge in [-0.1, -0.05) is 6.07 Å². The number of para-hydroxylation sites is 1. The van der Waals surface area contributed by atoms with E-state index in [2.05, 4.69) is 10.6 Å². The van der Waals surface area contributed by atoms with E-state index in [4.69, 9.17) is 4.74 Å². The number of rotatable bonds is 5. The quantitative estimate of drug-likeness (QED) is 0.812. The van der Waals surface area contributed by atoms with E-state index in [0.717, 1.165) is 12.1 Å². The Balaban J connectivity index is 2.12. The van der Waals surface area contributed by atoms with Crippen LogP contribution in [-0.4, -0.2) is 18.9 Å². The highest BCUT2D eigenvalue weighted by Crippen LogP contribution is 2.25. The molecule has 0 atom stereocenters. The Kier molecular flexibility index (Phi) is 5.36. The first-order valence-corrected chi connectivity index (χ1v) is 7.46. The maximum Gasteiger partial charge on any atom is 0.239 e. The number of hydrogen-bond acceptors (Lipinski definition) is 3. The zero-order valence-corrected chi connectivity index (χ0v) is 14.0. The van der Waals surface area contributed by atoms with Gasteiger partial charge in [-0.05, 0) is 50.2 Å². The summed E-state index contributed by atoms with van der Waals surface area (Å²) >= 11 is 0. The van der Waals surface area contributed by atoms with E-state index in [9.17, 15) is 18.4 Å². The molecule has 2 amide bonds. The molecule has 132 valence electrons. The summed E-state index contributed by atoms with van der Waals surface area (Å²) in [4.78, 5) is 24.7. The lowest BCUT2D eigenvalue weighted by Gasteiger charge is -2.23. The Hall–Kier alpha value is -2.96. The van der Waals surface area contributed by atoms with E-state index in [1.807, 2.05) is 0 Å². The Bertz CT molecular complexity index is 769. The maximum absolute atomic E-state index is 13.7. The third kappa shape index (κ3) is 4.12. The molecule has 0 radical (unpaired) electrons. The highest BCUT2D eigenvalue weighted by molar-refractivity contribution is 6.14. The van der Waals surface area contributed by atoms with Gasteiger partial charge in [0.25, 0.3) is 0 Å². The van der Waals surface area contributed by atoms with Crippen LogP contribution in [0.25, 0.3) is 0 Å². The zero-order chi connectivity index (χ0) is 18.6. The van der Waals surface area contributed by atoms with Crippen molar-refractivity contribution in [3.8, 4) is 5.75 Å². The second-order valence-electron chi connectivity index (χ2n) is 5.86. The van der Waals surface area contributed by atoms with Crippen LogP contribution in [0.15, 0.2) is 42.5 Å². The van der Waals surface area contributed by atoms with Crippen molar-refractivity contribution < 1.29 is 23.1 Å². The Labute approximate surface area is 144 Å². The number of halogens is 2. The summed E-state index contributed by atoms with van der Waals surface area (Å²) < 4.78 is 32.3. The molecule has 0 fully saturated rings. The van der Waals surface area contributed by atoms with Crippen LogP contribution in [0.4, 0.5) is 20.2 Å². The lowest BCUT2D eigenvalue weighted by atomic mass is 9.90. The topological polar surface area (TPSA) is 67.4 Å². The first kappa shape index (κ1) is 18.4. The molecule has 0 aliphatic rings. The first-order valence-electron chi connectivity index (χ1n) is 7.46. The summed E-state index contributed by atoms with van der Waals surface area (Å²) in [5, 5.41) is 4.72. The van der Waals surface area contributed by atoms with Gasteiger partial charge in [0.05, 0.1) is 7.11 Å².